The summed E-state index contributed by atoms with van der Waals surface area (Å²) in [5.74, 6) is 0.757. The van der Waals surface area contributed by atoms with Crippen molar-refractivity contribution in [3.8, 4) is 11.3 Å². The number of hydrogen-bond acceptors (Lipinski definition) is 3. The van der Waals surface area contributed by atoms with Crippen molar-refractivity contribution in [1.29, 1.82) is 0 Å². The van der Waals surface area contributed by atoms with Crippen LogP contribution in [0.1, 0.15) is 5.56 Å². The predicted molar refractivity (Wildman–Crippen MR) is 58.1 cm³/mol. The van der Waals surface area contributed by atoms with E-state index in [1.54, 1.807) is 12.3 Å². The van der Waals surface area contributed by atoms with E-state index >= 15 is 0 Å². The molecule has 0 unspecified atom stereocenters. The summed E-state index contributed by atoms with van der Waals surface area (Å²) in [6.07, 6.45) is 6.65. The van der Waals surface area contributed by atoms with Gasteiger partial charge in [0.1, 0.15) is 0 Å². The highest BCUT2D eigenvalue weighted by molar-refractivity contribution is 5.60. The molecule has 0 spiro atoms. The second-order valence-corrected chi connectivity index (χ2v) is 3.07. The van der Waals surface area contributed by atoms with Crippen LogP contribution in [-0.2, 0) is 0 Å². The van der Waals surface area contributed by atoms with Crippen LogP contribution in [0.2, 0.25) is 0 Å². The molecule has 0 saturated carbocycles. The highest BCUT2D eigenvalue weighted by atomic mass is 16.3. The van der Waals surface area contributed by atoms with Crippen molar-refractivity contribution in [3.63, 3.8) is 0 Å². The van der Waals surface area contributed by atoms with E-state index in [2.05, 4.69) is 4.98 Å². The molecule has 3 nitrogen and oxygen atoms in total. The van der Waals surface area contributed by atoms with Crippen LogP contribution >= 0.6 is 0 Å². The van der Waals surface area contributed by atoms with Gasteiger partial charge in [0.2, 0.25) is 0 Å². The largest absolute Gasteiger partial charge is 0.444 e. The van der Waals surface area contributed by atoms with Crippen LogP contribution in [-0.4, -0.2) is 16.7 Å². The van der Waals surface area contributed by atoms with Gasteiger partial charge in [0, 0.05) is 5.56 Å². The average Bonchev–Trinajstić information content (AvgIpc) is 2.80. The van der Waals surface area contributed by atoms with Crippen molar-refractivity contribution < 1.29 is 9.52 Å². The van der Waals surface area contributed by atoms with Gasteiger partial charge in [0.05, 0.1) is 12.8 Å². The van der Waals surface area contributed by atoms with Gasteiger partial charge >= 0.3 is 0 Å². The molecule has 0 amide bonds. The molecule has 0 radical (unpaired) electrons. The average molecular weight is 201 g/mol. The van der Waals surface area contributed by atoms with E-state index in [-0.39, 0.29) is 6.61 Å². The maximum atomic E-state index is 8.62. The summed E-state index contributed by atoms with van der Waals surface area (Å²) in [4.78, 5) is 3.86. The Balaban J connectivity index is 2.21. The second kappa shape index (κ2) is 4.57. The fraction of sp³-hybridized carbons (Fsp3) is 0.0833. The van der Waals surface area contributed by atoms with Crippen LogP contribution in [0.4, 0.5) is 0 Å². The van der Waals surface area contributed by atoms with Gasteiger partial charge in [-0.25, -0.2) is 4.98 Å². The summed E-state index contributed by atoms with van der Waals surface area (Å²) in [5, 5.41) is 8.62. The number of oxazole rings is 1. The summed E-state index contributed by atoms with van der Waals surface area (Å²) in [6.45, 7) is 0.0594. The van der Waals surface area contributed by atoms with E-state index in [9.17, 15) is 0 Å². The molecule has 1 N–H and O–H groups in total. The molecule has 76 valence electrons. The first-order valence-electron chi connectivity index (χ1n) is 4.66. The third-order valence-electron chi connectivity index (χ3n) is 2.04. The number of benzene rings is 1. The van der Waals surface area contributed by atoms with Crippen molar-refractivity contribution in [2.45, 2.75) is 0 Å². The maximum absolute atomic E-state index is 8.62. The quantitative estimate of drug-likeness (QED) is 0.829. The zero-order valence-corrected chi connectivity index (χ0v) is 8.13. The highest BCUT2D eigenvalue weighted by Gasteiger charge is 1.99. The molecule has 0 saturated heterocycles. The number of nitrogens with zero attached hydrogens (tertiary/aromatic N) is 1. The van der Waals surface area contributed by atoms with E-state index in [0.29, 0.717) is 0 Å². The predicted octanol–water partition coefficient (Wildman–Crippen LogP) is 2.35. The summed E-state index contributed by atoms with van der Waals surface area (Å²) in [6, 6.07) is 7.84. The molecule has 2 aromatic rings. The lowest BCUT2D eigenvalue weighted by atomic mass is 10.1. The number of rotatable bonds is 3. The lowest BCUT2D eigenvalue weighted by Gasteiger charge is -1.96. The SMILES string of the molecule is OC/C=C/c1ccc(-c2cnco2)cc1. The Morgan fingerprint density at radius 2 is 2.07 bits per heavy atom. The zero-order valence-electron chi connectivity index (χ0n) is 8.13. The van der Waals surface area contributed by atoms with Gasteiger partial charge in [0.25, 0.3) is 0 Å². The van der Waals surface area contributed by atoms with Crippen molar-refractivity contribution in [2.75, 3.05) is 6.61 Å². The van der Waals surface area contributed by atoms with Crippen LogP contribution in [0.3, 0.4) is 0 Å². The minimum absolute atomic E-state index is 0.0594. The van der Waals surface area contributed by atoms with Gasteiger partial charge in [-0.05, 0) is 5.56 Å². The Labute approximate surface area is 87.7 Å². The summed E-state index contributed by atoms with van der Waals surface area (Å²) in [5.41, 5.74) is 2.04. The Bertz CT molecular complexity index is 429. The molecule has 3 heteroatoms. The fourth-order valence-corrected chi connectivity index (χ4v) is 1.31. The number of aliphatic hydroxyl groups excluding tert-OH is 1. The Hall–Kier alpha value is -1.87. The van der Waals surface area contributed by atoms with Crippen molar-refractivity contribution in [1.82, 2.24) is 4.98 Å². The first-order valence-corrected chi connectivity index (χ1v) is 4.66. The van der Waals surface area contributed by atoms with Crippen LogP contribution in [0.15, 0.2) is 47.3 Å². The Morgan fingerprint density at radius 3 is 2.67 bits per heavy atom. The maximum Gasteiger partial charge on any atom is 0.181 e. The van der Waals surface area contributed by atoms with Gasteiger partial charge in [0.15, 0.2) is 12.2 Å². The molecule has 1 aromatic carbocycles. The molecular formula is C12H11NO2. The molecule has 0 bridgehead atoms. The van der Waals surface area contributed by atoms with Crippen LogP contribution in [0, 0.1) is 0 Å². The van der Waals surface area contributed by atoms with Crippen LogP contribution in [0.5, 0.6) is 0 Å². The second-order valence-electron chi connectivity index (χ2n) is 3.07. The van der Waals surface area contributed by atoms with Gasteiger partial charge in [-0.1, -0.05) is 36.4 Å². The fourth-order valence-electron chi connectivity index (χ4n) is 1.31. The topological polar surface area (TPSA) is 46.3 Å². The first-order chi connectivity index (χ1) is 7.40. The minimum Gasteiger partial charge on any atom is -0.444 e. The molecule has 15 heavy (non-hydrogen) atoms. The number of aliphatic hydroxyl groups is 1. The van der Waals surface area contributed by atoms with Crippen LogP contribution in [0.25, 0.3) is 17.4 Å². The third-order valence-corrected chi connectivity index (χ3v) is 2.04. The van der Waals surface area contributed by atoms with E-state index in [1.807, 2.05) is 30.3 Å². The molecule has 0 aliphatic rings. The Morgan fingerprint density at radius 1 is 1.27 bits per heavy atom. The lowest BCUT2D eigenvalue weighted by molar-refractivity contribution is 0.343. The van der Waals surface area contributed by atoms with Crippen molar-refractivity contribution in [3.05, 3.63) is 48.5 Å². The lowest BCUT2D eigenvalue weighted by Crippen LogP contribution is -1.76. The van der Waals surface area contributed by atoms with Crippen molar-refractivity contribution >= 4 is 6.08 Å². The molecule has 0 aliphatic heterocycles. The number of aromatic nitrogens is 1. The van der Waals surface area contributed by atoms with Crippen molar-refractivity contribution in [2.24, 2.45) is 0 Å². The standard InChI is InChI=1S/C12H11NO2/c14-7-1-2-10-3-5-11(6-4-10)12-8-13-9-15-12/h1-6,8-9,14H,7H2/b2-1+. The summed E-state index contributed by atoms with van der Waals surface area (Å²) in [7, 11) is 0. The monoisotopic (exact) mass is 201 g/mol. The zero-order chi connectivity index (χ0) is 10.5. The first kappa shape index (κ1) is 9.68. The molecule has 2 rings (SSSR count). The van der Waals surface area contributed by atoms with Gasteiger partial charge in [-0.15, -0.1) is 0 Å². The van der Waals surface area contributed by atoms with Gasteiger partial charge in [-0.2, -0.15) is 0 Å². The van der Waals surface area contributed by atoms with E-state index in [4.69, 9.17) is 9.52 Å². The molecule has 1 heterocycles. The molecule has 0 atom stereocenters. The van der Waals surface area contributed by atoms with E-state index < -0.39 is 0 Å². The molecular weight excluding hydrogens is 190 g/mol. The molecule has 1 aromatic heterocycles. The molecule has 0 aliphatic carbocycles. The van der Waals surface area contributed by atoms with E-state index in [0.717, 1.165) is 16.9 Å². The van der Waals surface area contributed by atoms with Gasteiger partial charge < -0.3 is 9.52 Å². The number of hydrogen-bond donors (Lipinski definition) is 1. The highest BCUT2D eigenvalue weighted by Crippen LogP contribution is 2.19. The minimum atomic E-state index is 0.0594. The van der Waals surface area contributed by atoms with E-state index in [1.165, 1.54) is 6.39 Å². The summed E-state index contributed by atoms with van der Waals surface area (Å²) < 4.78 is 5.17. The third kappa shape index (κ3) is 2.33. The normalized spacial score (nSPS) is 11.0. The smallest absolute Gasteiger partial charge is 0.181 e. The Kier molecular flexibility index (Phi) is 2.95. The van der Waals surface area contributed by atoms with Gasteiger partial charge in [-0.3, -0.25) is 0 Å². The molecule has 0 fully saturated rings. The summed E-state index contributed by atoms with van der Waals surface area (Å²) >= 11 is 0. The van der Waals surface area contributed by atoms with Crippen LogP contribution < -0.4 is 0 Å².